The minimum Gasteiger partial charge on any atom is -0.493 e. The van der Waals surface area contributed by atoms with Gasteiger partial charge >= 0.3 is 0 Å². The normalized spacial score (nSPS) is 14.6. The van der Waals surface area contributed by atoms with Crippen molar-refractivity contribution >= 4 is 22.8 Å². The predicted octanol–water partition coefficient (Wildman–Crippen LogP) is 4.96. The summed E-state index contributed by atoms with van der Waals surface area (Å²) < 4.78 is 10.9. The highest BCUT2D eigenvalue weighted by Gasteiger charge is 2.25. The molecule has 0 radical (unpaired) electrons. The van der Waals surface area contributed by atoms with Gasteiger partial charge in [0.1, 0.15) is 0 Å². The lowest BCUT2D eigenvalue weighted by molar-refractivity contribution is -0.122. The summed E-state index contributed by atoms with van der Waals surface area (Å²) in [6.45, 7) is 4.24. The van der Waals surface area contributed by atoms with E-state index in [9.17, 15) is 4.79 Å². The summed E-state index contributed by atoms with van der Waals surface area (Å²) in [5.41, 5.74) is 4.03. The predicted molar refractivity (Wildman–Crippen MR) is 158 cm³/mol. The lowest BCUT2D eigenvalue weighted by Crippen LogP contribution is -2.45. The van der Waals surface area contributed by atoms with Crippen LogP contribution in [0.25, 0.3) is 10.9 Å². The van der Waals surface area contributed by atoms with Gasteiger partial charge in [-0.1, -0.05) is 60.7 Å². The summed E-state index contributed by atoms with van der Waals surface area (Å²) in [6.07, 6.45) is 2.06. The molecule has 1 aliphatic heterocycles. The van der Waals surface area contributed by atoms with Gasteiger partial charge in [-0.2, -0.15) is 0 Å². The van der Waals surface area contributed by atoms with Crippen molar-refractivity contribution in [2.45, 2.75) is 44.8 Å². The van der Waals surface area contributed by atoms with Crippen LogP contribution >= 0.6 is 0 Å². The van der Waals surface area contributed by atoms with Crippen LogP contribution in [-0.2, 0) is 11.3 Å². The van der Waals surface area contributed by atoms with E-state index in [4.69, 9.17) is 19.4 Å². The van der Waals surface area contributed by atoms with Crippen LogP contribution in [0.4, 0.5) is 5.95 Å². The summed E-state index contributed by atoms with van der Waals surface area (Å²) in [5.74, 6) is 2.08. The molecular formula is C32H37N5O3. The second kappa shape index (κ2) is 12.8. The number of carbonyl (C=O) groups excluding carboxylic acids is 1. The van der Waals surface area contributed by atoms with Crippen LogP contribution in [0.2, 0.25) is 0 Å². The van der Waals surface area contributed by atoms with E-state index in [0.717, 1.165) is 48.1 Å². The third-order valence-electron chi connectivity index (χ3n) is 7.51. The molecule has 1 fully saturated rings. The maximum absolute atomic E-state index is 13.2. The Labute approximate surface area is 235 Å². The fourth-order valence-corrected chi connectivity index (χ4v) is 5.26. The first-order chi connectivity index (χ1) is 19.5. The topological polar surface area (TPSA) is 88.6 Å². The van der Waals surface area contributed by atoms with E-state index in [0.29, 0.717) is 30.4 Å². The lowest BCUT2D eigenvalue weighted by atomic mass is 10.0. The molecule has 3 aromatic carbocycles. The van der Waals surface area contributed by atoms with Gasteiger partial charge < -0.3 is 25.0 Å². The first kappa shape index (κ1) is 27.4. The van der Waals surface area contributed by atoms with Crippen molar-refractivity contribution in [2.75, 3.05) is 32.2 Å². The van der Waals surface area contributed by atoms with Crippen LogP contribution in [0, 0.1) is 6.92 Å². The number of nitrogens with one attached hydrogen (secondary N) is 2. The minimum atomic E-state index is -0.0638. The Kier molecular flexibility index (Phi) is 8.76. The number of rotatable bonds is 10. The molecule has 1 saturated heterocycles. The van der Waals surface area contributed by atoms with E-state index in [2.05, 4.69) is 39.8 Å². The Bertz CT molecular complexity index is 1420. The number of ether oxygens (including phenoxy) is 2. The van der Waals surface area contributed by atoms with E-state index in [1.807, 2.05) is 55.5 Å². The lowest BCUT2D eigenvalue weighted by Gasteiger charge is -2.33. The number of amides is 1. The van der Waals surface area contributed by atoms with Gasteiger partial charge in [0.05, 0.1) is 25.4 Å². The molecule has 1 atom stereocenters. The van der Waals surface area contributed by atoms with E-state index < -0.39 is 0 Å². The zero-order valence-electron chi connectivity index (χ0n) is 23.4. The molecule has 1 amide bonds. The van der Waals surface area contributed by atoms with Crippen LogP contribution < -0.4 is 25.0 Å². The van der Waals surface area contributed by atoms with Gasteiger partial charge in [0.25, 0.3) is 0 Å². The van der Waals surface area contributed by atoms with Crippen molar-refractivity contribution in [2.24, 2.45) is 0 Å². The molecule has 8 heteroatoms. The summed E-state index contributed by atoms with van der Waals surface area (Å²) in [7, 11) is 3.25. The van der Waals surface area contributed by atoms with Gasteiger partial charge in [-0.25, -0.2) is 9.97 Å². The van der Waals surface area contributed by atoms with Crippen LogP contribution in [-0.4, -0.2) is 49.2 Å². The van der Waals surface area contributed by atoms with Crippen molar-refractivity contribution < 1.29 is 14.3 Å². The van der Waals surface area contributed by atoms with Crippen LogP contribution in [0.5, 0.6) is 11.5 Å². The molecule has 0 spiro atoms. The van der Waals surface area contributed by atoms with E-state index in [1.165, 1.54) is 5.56 Å². The van der Waals surface area contributed by atoms with Gasteiger partial charge in [0.2, 0.25) is 11.9 Å². The summed E-state index contributed by atoms with van der Waals surface area (Å²) >= 11 is 0. The zero-order valence-corrected chi connectivity index (χ0v) is 23.4. The number of aromatic nitrogens is 2. The average molecular weight is 540 g/mol. The highest BCUT2D eigenvalue weighted by molar-refractivity contribution is 5.85. The maximum atomic E-state index is 13.2. The third kappa shape index (κ3) is 6.51. The number of aryl methyl sites for hydroxylation is 1. The highest BCUT2D eigenvalue weighted by atomic mass is 16.5. The molecule has 0 saturated carbocycles. The van der Waals surface area contributed by atoms with E-state index in [-0.39, 0.29) is 18.0 Å². The third-order valence-corrected chi connectivity index (χ3v) is 7.51. The minimum absolute atomic E-state index is 0.0618. The molecule has 2 N–H and O–H groups in total. The van der Waals surface area contributed by atoms with Crippen LogP contribution in [0.3, 0.4) is 0 Å². The van der Waals surface area contributed by atoms with Crippen molar-refractivity contribution in [1.82, 2.24) is 20.6 Å². The van der Waals surface area contributed by atoms with Gasteiger partial charge in [-0.05, 0) is 37.0 Å². The fraction of sp³-hybridized carbons (Fsp3) is 0.344. The maximum Gasteiger partial charge on any atom is 0.226 e. The second-order valence-electron chi connectivity index (χ2n) is 10.2. The molecule has 208 valence electrons. The molecule has 8 nitrogen and oxygen atoms in total. The Morgan fingerprint density at radius 3 is 2.27 bits per heavy atom. The Morgan fingerprint density at radius 1 is 0.950 bits per heavy atom. The highest BCUT2D eigenvalue weighted by Crippen LogP contribution is 2.33. The molecule has 40 heavy (non-hydrogen) atoms. The van der Waals surface area contributed by atoms with Crippen LogP contribution in [0.15, 0.2) is 72.8 Å². The summed E-state index contributed by atoms with van der Waals surface area (Å²) in [6, 6.07) is 24.3. The average Bonchev–Trinajstić information content (AvgIpc) is 3.00. The molecule has 1 aromatic heterocycles. The molecule has 0 aliphatic carbocycles. The van der Waals surface area contributed by atoms with Crippen molar-refractivity contribution in [3.63, 3.8) is 0 Å². The standard InChI is InChI=1S/C32H37N5O3/c1-22-26-18-29(39-2)30(40-3)19-28(26)36-32(34-22)37-16-14-25(15-17-37)35-31(38)20-27(24-12-8-5-9-13-24)33-21-23-10-6-4-7-11-23/h4-13,18-19,25,27,33H,14-17,20-21H2,1-3H3,(H,35,38). The van der Waals surface area contributed by atoms with Gasteiger partial charge in [-0.15, -0.1) is 0 Å². The molecule has 1 aliphatic rings. The molecule has 0 bridgehead atoms. The van der Waals surface area contributed by atoms with Crippen molar-refractivity contribution in [1.29, 1.82) is 0 Å². The first-order valence-corrected chi connectivity index (χ1v) is 13.8. The number of benzene rings is 3. The largest absolute Gasteiger partial charge is 0.493 e. The van der Waals surface area contributed by atoms with Gasteiger partial charge in [-0.3, -0.25) is 4.79 Å². The smallest absolute Gasteiger partial charge is 0.226 e. The van der Waals surface area contributed by atoms with Crippen molar-refractivity contribution in [3.05, 3.63) is 89.6 Å². The zero-order chi connectivity index (χ0) is 27.9. The molecule has 1 unspecified atom stereocenters. The molecule has 2 heterocycles. The number of nitrogens with zero attached hydrogens (tertiary/aromatic N) is 3. The van der Waals surface area contributed by atoms with E-state index >= 15 is 0 Å². The number of anilines is 1. The summed E-state index contributed by atoms with van der Waals surface area (Å²) in [4.78, 5) is 25.0. The first-order valence-electron chi connectivity index (χ1n) is 13.8. The Hall–Kier alpha value is -4.17. The van der Waals surface area contributed by atoms with Crippen LogP contribution in [0.1, 0.15) is 42.1 Å². The quantitative estimate of drug-likeness (QED) is 0.294. The Balaban J connectivity index is 1.19. The Morgan fingerprint density at radius 2 is 1.60 bits per heavy atom. The molecular weight excluding hydrogens is 502 g/mol. The number of hydrogen-bond acceptors (Lipinski definition) is 7. The molecule has 4 aromatic rings. The van der Waals surface area contributed by atoms with Gasteiger partial charge in [0.15, 0.2) is 11.5 Å². The monoisotopic (exact) mass is 539 g/mol. The number of methoxy groups -OCH3 is 2. The number of hydrogen-bond donors (Lipinski definition) is 2. The fourth-order valence-electron chi connectivity index (χ4n) is 5.26. The van der Waals surface area contributed by atoms with E-state index in [1.54, 1.807) is 14.2 Å². The van der Waals surface area contributed by atoms with Crippen molar-refractivity contribution in [3.8, 4) is 11.5 Å². The molecule has 5 rings (SSSR count). The second-order valence-corrected chi connectivity index (χ2v) is 10.2. The number of carbonyl (C=O) groups is 1. The SMILES string of the molecule is COc1cc2nc(N3CCC(NC(=O)CC(NCc4ccccc4)c4ccccc4)CC3)nc(C)c2cc1OC. The van der Waals surface area contributed by atoms with Gasteiger partial charge in [0, 0.05) is 49.6 Å². The number of fused-ring (bicyclic) bond motifs is 1. The summed E-state index contributed by atoms with van der Waals surface area (Å²) in [5, 5.41) is 7.81. The number of piperidine rings is 1.